The van der Waals surface area contributed by atoms with Gasteiger partial charge in [-0.25, -0.2) is 4.79 Å². The third kappa shape index (κ3) is 4.35. The topological polar surface area (TPSA) is 92.0 Å². The lowest BCUT2D eigenvalue weighted by molar-refractivity contribution is 0.0695. The highest BCUT2D eigenvalue weighted by Gasteiger charge is 2.18. The van der Waals surface area contributed by atoms with Crippen molar-refractivity contribution in [1.29, 1.82) is 0 Å². The summed E-state index contributed by atoms with van der Waals surface area (Å²) in [6, 6.07) is 18.3. The number of carboxylic acid groups (broad SMARTS) is 1. The van der Waals surface area contributed by atoms with Crippen molar-refractivity contribution in [3.63, 3.8) is 0 Å². The van der Waals surface area contributed by atoms with E-state index < -0.39 is 5.97 Å². The maximum absolute atomic E-state index is 11.5. The molecular formula is C22H20N2O4. The summed E-state index contributed by atoms with van der Waals surface area (Å²) in [4.78, 5) is 15.7. The number of hydrogen-bond acceptors (Lipinski definition) is 5. The fourth-order valence-corrected chi connectivity index (χ4v) is 3.00. The van der Waals surface area contributed by atoms with Crippen LogP contribution < -0.4 is 4.74 Å². The zero-order valence-electron chi connectivity index (χ0n) is 15.4. The number of pyridine rings is 1. The highest BCUT2D eigenvalue weighted by Crippen LogP contribution is 2.23. The Balaban J connectivity index is 1.88. The van der Waals surface area contributed by atoms with Gasteiger partial charge in [-0.3, -0.25) is 4.98 Å². The number of oxime groups is 1. The first-order valence-electron chi connectivity index (χ1n) is 8.86. The molecule has 142 valence electrons. The Labute approximate surface area is 162 Å². The van der Waals surface area contributed by atoms with Crippen molar-refractivity contribution in [2.24, 2.45) is 5.16 Å². The van der Waals surface area contributed by atoms with Gasteiger partial charge >= 0.3 is 5.97 Å². The summed E-state index contributed by atoms with van der Waals surface area (Å²) in [5, 5.41) is 22.4. The normalized spacial score (nSPS) is 11.2. The summed E-state index contributed by atoms with van der Waals surface area (Å²) in [6.07, 6.45) is 2.16. The Kier molecular flexibility index (Phi) is 6.01. The first-order valence-corrected chi connectivity index (χ1v) is 8.86. The third-order valence-corrected chi connectivity index (χ3v) is 4.28. The Morgan fingerprint density at radius 2 is 1.82 bits per heavy atom. The number of aromatic nitrogens is 1. The summed E-state index contributed by atoms with van der Waals surface area (Å²) in [5.74, 6) is 0.347. The second kappa shape index (κ2) is 8.81. The fourth-order valence-electron chi connectivity index (χ4n) is 3.00. The monoisotopic (exact) mass is 376 g/mol. The lowest BCUT2D eigenvalue weighted by Gasteiger charge is -2.12. The zero-order valence-corrected chi connectivity index (χ0v) is 15.4. The maximum atomic E-state index is 11.5. The van der Waals surface area contributed by atoms with Gasteiger partial charge < -0.3 is 15.1 Å². The van der Waals surface area contributed by atoms with Crippen LogP contribution >= 0.6 is 0 Å². The van der Waals surface area contributed by atoms with Gasteiger partial charge in [0.05, 0.1) is 11.3 Å². The van der Waals surface area contributed by atoms with Gasteiger partial charge in [0.15, 0.2) is 0 Å². The van der Waals surface area contributed by atoms with Crippen LogP contribution in [0.2, 0.25) is 0 Å². The molecule has 28 heavy (non-hydrogen) atoms. The predicted molar refractivity (Wildman–Crippen MR) is 106 cm³/mol. The number of ether oxygens (including phenoxy) is 1. The van der Waals surface area contributed by atoms with E-state index in [1.165, 1.54) is 12.3 Å². The molecular weight excluding hydrogens is 356 g/mol. The summed E-state index contributed by atoms with van der Waals surface area (Å²) < 4.78 is 5.84. The van der Waals surface area contributed by atoms with Gasteiger partial charge in [-0.2, -0.15) is 0 Å². The van der Waals surface area contributed by atoms with Gasteiger partial charge in [-0.1, -0.05) is 42.4 Å². The van der Waals surface area contributed by atoms with E-state index in [4.69, 9.17) is 4.74 Å². The van der Waals surface area contributed by atoms with Crippen LogP contribution in [0.4, 0.5) is 0 Å². The minimum Gasteiger partial charge on any atom is -0.478 e. The van der Waals surface area contributed by atoms with Crippen LogP contribution in [0.3, 0.4) is 0 Å². The third-order valence-electron chi connectivity index (χ3n) is 4.28. The Morgan fingerprint density at radius 1 is 1.07 bits per heavy atom. The molecule has 0 aliphatic carbocycles. The molecule has 1 heterocycles. The molecule has 3 aromatic rings. The van der Waals surface area contributed by atoms with Crippen molar-refractivity contribution in [3.05, 3.63) is 89.2 Å². The molecule has 1 aromatic heterocycles. The van der Waals surface area contributed by atoms with Crippen LogP contribution in [-0.4, -0.2) is 27.0 Å². The summed E-state index contributed by atoms with van der Waals surface area (Å²) in [7, 11) is 0. The van der Waals surface area contributed by atoms with E-state index in [1.54, 1.807) is 0 Å². The summed E-state index contributed by atoms with van der Waals surface area (Å²) >= 11 is 0. The molecule has 0 aliphatic heterocycles. The Morgan fingerprint density at radius 3 is 2.50 bits per heavy atom. The smallest absolute Gasteiger partial charge is 0.336 e. The van der Waals surface area contributed by atoms with Crippen molar-refractivity contribution < 1.29 is 19.8 Å². The molecule has 0 saturated heterocycles. The van der Waals surface area contributed by atoms with E-state index in [0.29, 0.717) is 29.1 Å². The van der Waals surface area contributed by atoms with Gasteiger partial charge in [0.1, 0.15) is 17.2 Å². The molecule has 0 bridgehead atoms. The highest BCUT2D eigenvalue weighted by atomic mass is 16.5. The van der Waals surface area contributed by atoms with E-state index in [-0.39, 0.29) is 12.0 Å². The number of rotatable bonds is 7. The molecule has 0 fully saturated rings. The second-order valence-electron chi connectivity index (χ2n) is 6.13. The van der Waals surface area contributed by atoms with E-state index >= 15 is 0 Å². The minimum atomic E-state index is -1.03. The molecule has 2 aromatic carbocycles. The van der Waals surface area contributed by atoms with Crippen LogP contribution in [0.1, 0.15) is 34.1 Å². The standard InChI is InChI=1S/C22H20N2O4/c1-2-18-19(22(25)26)11-12-23-21(18)20(24-27)14-15-7-6-10-17(13-15)28-16-8-4-3-5-9-16/h3-13,27H,2,14H2,1H3,(H,25,26)/b24-20+. The van der Waals surface area contributed by atoms with Crippen molar-refractivity contribution in [2.75, 3.05) is 0 Å². The average molecular weight is 376 g/mol. The van der Waals surface area contributed by atoms with E-state index in [1.807, 2.05) is 61.5 Å². The highest BCUT2D eigenvalue weighted by molar-refractivity contribution is 6.03. The van der Waals surface area contributed by atoms with Gasteiger partial charge in [0, 0.05) is 12.6 Å². The predicted octanol–water partition coefficient (Wildman–Crippen LogP) is 4.56. The molecule has 0 radical (unpaired) electrons. The second-order valence-corrected chi connectivity index (χ2v) is 6.13. The number of carbonyl (C=O) groups is 1. The van der Waals surface area contributed by atoms with Crippen molar-refractivity contribution in [3.8, 4) is 11.5 Å². The van der Waals surface area contributed by atoms with Crippen molar-refractivity contribution in [1.82, 2.24) is 4.98 Å². The molecule has 0 amide bonds. The van der Waals surface area contributed by atoms with Crippen molar-refractivity contribution in [2.45, 2.75) is 19.8 Å². The fraction of sp³-hybridized carbons (Fsp3) is 0.136. The number of nitrogens with zero attached hydrogens (tertiary/aromatic N) is 2. The maximum Gasteiger partial charge on any atom is 0.336 e. The number of benzene rings is 2. The SMILES string of the molecule is CCc1c(C(=O)O)ccnc1/C(Cc1cccc(Oc2ccccc2)c1)=N/O. The van der Waals surface area contributed by atoms with Gasteiger partial charge in [-0.15, -0.1) is 0 Å². The van der Waals surface area contributed by atoms with E-state index in [9.17, 15) is 15.1 Å². The molecule has 6 heteroatoms. The molecule has 2 N–H and O–H groups in total. The number of aromatic carboxylic acids is 1. The molecule has 3 rings (SSSR count). The van der Waals surface area contributed by atoms with Crippen LogP contribution in [-0.2, 0) is 12.8 Å². The van der Waals surface area contributed by atoms with E-state index in [0.717, 1.165) is 11.3 Å². The van der Waals surface area contributed by atoms with Crippen LogP contribution in [0.5, 0.6) is 11.5 Å². The van der Waals surface area contributed by atoms with Crippen molar-refractivity contribution >= 4 is 11.7 Å². The zero-order chi connectivity index (χ0) is 19.9. The molecule has 0 aliphatic rings. The first-order chi connectivity index (χ1) is 13.6. The van der Waals surface area contributed by atoms with Gasteiger partial charge in [0.2, 0.25) is 0 Å². The number of carboxylic acids is 1. The molecule has 0 saturated carbocycles. The van der Waals surface area contributed by atoms with Gasteiger partial charge in [0.25, 0.3) is 0 Å². The summed E-state index contributed by atoms with van der Waals surface area (Å²) in [6.45, 7) is 1.84. The quantitative estimate of drug-likeness (QED) is 0.358. The molecule has 0 spiro atoms. The average Bonchev–Trinajstić information content (AvgIpc) is 2.72. The molecule has 0 atom stereocenters. The number of hydrogen-bond donors (Lipinski definition) is 2. The van der Waals surface area contributed by atoms with Crippen LogP contribution in [0.25, 0.3) is 0 Å². The number of para-hydroxylation sites is 1. The van der Waals surface area contributed by atoms with Crippen LogP contribution in [0.15, 0.2) is 72.0 Å². The Bertz CT molecular complexity index is 1000. The summed E-state index contributed by atoms with van der Waals surface area (Å²) in [5.41, 5.74) is 2.25. The minimum absolute atomic E-state index is 0.162. The Hall–Kier alpha value is -3.67. The molecule has 0 unspecified atom stereocenters. The lowest BCUT2D eigenvalue weighted by atomic mass is 9.97. The first kappa shape index (κ1) is 19.1. The largest absolute Gasteiger partial charge is 0.478 e. The van der Waals surface area contributed by atoms with Crippen LogP contribution in [0, 0.1) is 0 Å². The lowest BCUT2D eigenvalue weighted by Crippen LogP contribution is -2.15. The molecule has 6 nitrogen and oxygen atoms in total. The van der Waals surface area contributed by atoms with Gasteiger partial charge in [-0.05, 0) is 47.9 Å². The van der Waals surface area contributed by atoms with E-state index in [2.05, 4.69) is 10.1 Å².